The second-order valence-corrected chi connectivity index (χ2v) is 9.11. The molecule has 0 saturated heterocycles. The lowest BCUT2D eigenvalue weighted by Gasteiger charge is -2.19. The number of thioether (sulfide) groups is 1. The Kier molecular flexibility index (Phi) is 8.79. The van der Waals surface area contributed by atoms with Crippen LogP contribution in [0.15, 0.2) is 59.7 Å². The van der Waals surface area contributed by atoms with Crippen LogP contribution in [-0.4, -0.2) is 53.0 Å². The molecule has 1 N–H and O–H groups in total. The highest BCUT2D eigenvalue weighted by Gasteiger charge is 2.30. The van der Waals surface area contributed by atoms with E-state index in [0.717, 1.165) is 55.9 Å². The first-order chi connectivity index (χ1) is 16.1. The first kappa shape index (κ1) is 25.8. The lowest BCUT2D eigenvalue weighted by atomic mass is 10.0. The highest BCUT2D eigenvalue weighted by Crippen LogP contribution is 2.30. The van der Waals surface area contributed by atoms with Crippen LogP contribution in [0.25, 0.3) is 0 Å². The zero-order valence-electron chi connectivity index (χ0n) is 18.9. The number of carboxylic acid groups (broad SMARTS) is 1. The third kappa shape index (κ3) is 7.63. The van der Waals surface area contributed by atoms with E-state index in [9.17, 15) is 18.0 Å². The number of aliphatic imine (C=N–C) groups is 1. The number of aliphatic carboxylic acids is 1. The molecule has 9 heteroatoms. The van der Waals surface area contributed by atoms with Gasteiger partial charge in [0.05, 0.1) is 5.56 Å². The summed E-state index contributed by atoms with van der Waals surface area (Å²) >= 11 is 1.50. The van der Waals surface area contributed by atoms with Crippen LogP contribution in [0.2, 0.25) is 0 Å². The van der Waals surface area contributed by atoms with Crippen molar-refractivity contribution in [2.45, 2.75) is 25.9 Å². The van der Waals surface area contributed by atoms with E-state index in [1.165, 1.54) is 29.5 Å². The van der Waals surface area contributed by atoms with Crippen LogP contribution in [0.4, 0.5) is 13.2 Å². The van der Waals surface area contributed by atoms with E-state index in [2.05, 4.69) is 16.5 Å². The number of hydrogen-bond acceptors (Lipinski definition) is 5. The Hall–Kier alpha value is -2.78. The number of carbonyl (C=O) groups is 1. The van der Waals surface area contributed by atoms with Gasteiger partial charge < -0.3 is 14.7 Å². The number of halogens is 3. The summed E-state index contributed by atoms with van der Waals surface area (Å²) in [7, 11) is 0. The summed E-state index contributed by atoms with van der Waals surface area (Å²) in [5, 5.41) is 9.44. The predicted octanol–water partition coefficient (Wildman–Crippen LogP) is 5.28. The van der Waals surface area contributed by atoms with Crippen molar-refractivity contribution in [3.63, 3.8) is 0 Å². The average molecular weight is 493 g/mol. The summed E-state index contributed by atoms with van der Waals surface area (Å²) < 4.78 is 43.9. The fraction of sp³-hybridized carbons (Fsp3) is 0.360. The summed E-state index contributed by atoms with van der Waals surface area (Å²) in [6.45, 7) is 7.73. The Morgan fingerprint density at radius 2 is 1.82 bits per heavy atom. The third-order valence-corrected chi connectivity index (χ3v) is 6.32. The van der Waals surface area contributed by atoms with Crippen LogP contribution in [0.5, 0.6) is 5.75 Å². The maximum atomic E-state index is 12.9. The van der Waals surface area contributed by atoms with Crippen molar-refractivity contribution in [3.8, 4) is 5.75 Å². The topological polar surface area (TPSA) is 62.1 Å². The smallest absolute Gasteiger partial charge is 0.416 e. The molecule has 0 aromatic heterocycles. The fourth-order valence-corrected chi connectivity index (χ4v) is 4.70. The first-order valence-corrected chi connectivity index (χ1v) is 11.8. The van der Waals surface area contributed by atoms with Crippen LogP contribution in [0.1, 0.15) is 29.2 Å². The van der Waals surface area contributed by atoms with Crippen molar-refractivity contribution >= 4 is 22.8 Å². The van der Waals surface area contributed by atoms with E-state index < -0.39 is 17.7 Å². The van der Waals surface area contributed by atoms with Gasteiger partial charge in [-0.05, 0) is 55.2 Å². The molecular weight excluding hydrogens is 465 g/mol. The van der Waals surface area contributed by atoms with E-state index in [-0.39, 0.29) is 6.61 Å². The van der Waals surface area contributed by atoms with E-state index in [1.54, 1.807) is 13.0 Å². The van der Waals surface area contributed by atoms with Crippen molar-refractivity contribution in [2.24, 2.45) is 4.99 Å². The Morgan fingerprint density at radius 3 is 2.44 bits per heavy atom. The molecule has 1 aliphatic heterocycles. The van der Waals surface area contributed by atoms with E-state index >= 15 is 0 Å². The van der Waals surface area contributed by atoms with E-state index in [1.807, 2.05) is 12.1 Å². The number of benzene rings is 2. The maximum absolute atomic E-state index is 12.9. The molecule has 1 aliphatic rings. The minimum atomic E-state index is -4.37. The molecule has 2 aromatic carbocycles. The van der Waals surface area contributed by atoms with Crippen LogP contribution in [-0.2, 0) is 23.8 Å². The zero-order chi connectivity index (χ0) is 24.7. The Labute approximate surface area is 201 Å². The molecule has 182 valence electrons. The number of carboxylic acids is 1. The van der Waals surface area contributed by atoms with Crippen LogP contribution >= 0.6 is 11.8 Å². The maximum Gasteiger partial charge on any atom is 0.416 e. The second kappa shape index (κ2) is 11.6. The standard InChI is InChI=1S/C25H27F3N2O3S/c1-17(2)29-24(19-3-6-21(7-4-19)25(26,27)28)34-14-13-30-11-9-18-5-8-22(33-16-23(31)32)15-20(18)10-12-30/h3-8,15H,1,9-14,16H2,2H3,(H,31,32). The monoisotopic (exact) mass is 492 g/mol. The summed E-state index contributed by atoms with van der Waals surface area (Å²) in [5.74, 6) is 0.281. The van der Waals surface area contributed by atoms with E-state index in [0.29, 0.717) is 22.1 Å². The third-order valence-electron chi connectivity index (χ3n) is 5.33. The van der Waals surface area contributed by atoms with Crippen molar-refractivity contribution < 1.29 is 27.8 Å². The van der Waals surface area contributed by atoms with Gasteiger partial charge >= 0.3 is 12.1 Å². The molecule has 3 rings (SSSR count). The molecule has 2 aromatic rings. The van der Waals surface area contributed by atoms with Gasteiger partial charge in [-0.3, -0.25) is 0 Å². The molecule has 0 amide bonds. The second-order valence-electron chi connectivity index (χ2n) is 8.03. The molecule has 0 radical (unpaired) electrons. The molecule has 0 aliphatic carbocycles. The van der Waals surface area contributed by atoms with Crippen LogP contribution < -0.4 is 4.74 Å². The minimum Gasteiger partial charge on any atom is -0.482 e. The van der Waals surface area contributed by atoms with Gasteiger partial charge in [-0.1, -0.05) is 24.8 Å². The van der Waals surface area contributed by atoms with Crippen molar-refractivity contribution in [2.75, 3.05) is 32.0 Å². The summed E-state index contributed by atoms with van der Waals surface area (Å²) in [6.07, 6.45) is -2.66. The molecule has 0 unspecified atom stereocenters. The predicted molar refractivity (Wildman–Crippen MR) is 129 cm³/mol. The number of hydrogen-bond donors (Lipinski definition) is 1. The van der Waals surface area contributed by atoms with Crippen molar-refractivity contribution in [1.82, 2.24) is 4.90 Å². The molecular formula is C25H27F3N2O3S. The van der Waals surface area contributed by atoms with Crippen molar-refractivity contribution in [1.29, 1.82) is 0 Å². The summed E-state index contributed by atoms with van der Waals surface area (Å²) in [5.41, 5.74) is 2.93. The first-order valence-electron chi connectivity index (χ1n) is 10.8. The van der Waals surface area contributed by atoms with Gasteiger partial charge in [-0.2, -0.15) is 13.2 Å². The number of rotatable bonds is 8. The Balaban J connectivity index is 1.57. The van der Waals surface area contributed by atoms with Gasteiger partial charge in [-0.25, -0.2) is 9.79 Å². The number of allylic oxidation sites excluding steroid dienone is 1. The average Bonchev–Trinajstić information content (AvgIpc) is 2.98. The molecule has 0 bridgehead atoms. The van der Waals surface area contributed by atoms with Gasteiger partial charge in [0.15, 0.2) is 6.61 Å². The quantitative estimate of drug-likeness (QED) is 0.401. The SMILES string of the molecule is C=C(C)N=C(SCCN1CCc2ccc(OCC(=O)O)cc2CC1)c1ccc(C(F)(F)F)cc1. The molecule has 0 spiro atoms. The molecule has 0 saturated carbocycles. The molecule has 5 nitrogen and oxygen atoms in total. The van der Waals surface area contributed by atoms with Crippen LogP contribution in [0.3, 0.4) is 0 Å². The van der Waals surface area contributed by atoms with Gasteiger partial charge in [-0.15, -0.1) is 11.8 Å². The highest BCUT2D eigenvalue weighted by atomic mass is 32.2. The minimum absolute atomic E-state index is 0.366. The number of nitrogens with zero attached hydrogens (tertiary/aromatic N) is 2. The molecule has 0 fully saturated rings. The van der Waals surface area contributed by atoms with Gasteiger partial charge in [0, 0.05) is 36.6 Å². The molecule has 1 heterocycles. The largest absolute Gasteiger partial charge is 0.482 e. The zero-order valence-corrected chi connectivity index (χ0v) is 19.7. The fourth-order valence-electron chi connectivity index (χ4n) is 3.63. The van der Waals surface area contributed by atoms with E-state index in [4.69, 9.17) is 9.84 Å². The van der Waals surface area contributed by atoms with Gasteiger partial charge in [0.25, 0.3) is 0 Å². The number of alkyl halides is 3. The lowest BCUT2D eigenvalue weighted by molar-refractivity contribution is -0.139. The number of ether oxygens (including phenoxy) is 1. The summed E-state index contributed by atoms with van der Waals surface area (Å²) in [4.78, 5) is 17.5. The Morgan fingerprint density at radius 1 is 1.15 bits per heavy atom. The van der Waals surface area contributed by atoms with Crippen LogP contribution in [0, 0.1) is 0 Å². The molecule has 0 atom stereocenters. The van der Waals surface area contributed by atoms with Crippen molar-refractivity contribution in [3.05, 3.63) is 77.0 Å². The normalized spacial score (nSPS) is 14.9. The van der Waals surface area contributed by atoms with Gasteiger partial charge in [0.2, 0.25) is 0 Å². The lowest BCUT2D eigenvalue weighted by Crippen LogP contribution is -2.29. The molecule has 34 heavy (non-hydrogen) atoms. The number of fused-ring (bicyclic) bond motifs is 1. The van der Waals surface area contributed by atoms with Gasteiger partial charge in [0.1, 0.15) is 10.8 Å². The summed E-state index contributed by atoms with van der Waals surface area (Å²) in [6, 6.07) is 10.8. The Bertz CT molecular complexity index is 1050. The highest BCUT2D eigenvalue weighted by molar-refractivity contribution is 8.14.